The number of amides is 1. The van der Waals surface area contributed by atoms with Gasteiger partial charge in [0.25, 0.3) is 0 Å². The zero-order valence-electron chi connectivity index (χ0n) is 16.0. The zero-order chi connectivity index (χ0) is 21.3. The van der Waals surface area contributed by atoms with E-state index in [-0.39, 0.29) is 24.1 Å². The van der Waals surface area contributed by atoms with Crippen LogP contribution in [0.4, 0.5) is 0 Å². The Bertz CT molecular complexity index is 1270. The molecule has 0 saturated carbocycles. The fourth-order valence-electron chi connectivity index (χ4n) is 3.18. The quantitative estimate of drug-likeness (QED) is 0.403. The normalized spacial score (nSPS) is 12.2. The van der Waals surface area contributed by atoms with Gasteiger partial charge in [-0.3, -0.25) is 4.79 Å². The molecule has 2 aromatic heterocycles. The Morgan fingerprint density at radius 3 is 2.77 bits per heavy atom. The number of nitrogens with one attached hydrogen (secondary N) is 3. The fraction of sp³-hybridized carbons (Fsp3) is 0.190. The average molecular weight is 445 g/mol. The van der Waals surface area contributed by atoms with Gasteiger partial charge in [-0.05, 0) is 42.8 Å². The minimum atomic E-state index is -0.260. The van der Waals surface area contributed by atoms with E-state index in [1.54, 1.807) is 30.5 Å². The van der Waals surface area contributed by atoms with Gasteiger partial charge in [0.15, 0.2) is 11.7 Å². The van der Waals surface area contributed by atoms with Crippen LogP contribution in [0, 0.1) is 0 Å². The van der Waals surface area contributed by atoms with Gasteiger partial charge in [0.1, 0.15) is 0 Å². The van der Waals surface area contributed by atoms with Crippen LogP contribution in [0.1, 0.15) is 30.8 Å². The lowest BCUT2D eigenvalue weighted by atomic mass is 10.1. The van der Waals surface area contributed by atoms with Crippen LogP contribution < -0.4 is 11.0 Å². The van der Waals surface area contributed by atoms with Crippen molar-refractivity contribution in [1.29, 1.82) is 0 Å². The molecule has 0 bridgehead atoms. The van der Waals surface area contributed by atoms with Crippen molar-refractivity contribution in [2.45, 2.75) is 25.8 Å². The van der Waals surface area contributed by atoms with Crippen molar-refractivity contribution in [2.75, 3.05) is 0 Å². The summed E-state index contributed by atoms with van der Waals surface area (Å²) < 4.78 is 5.73. The molecule has 1 atom stereocenters. The maximum Gasteiger partial charge on any atom is 0.323 e. The topological polar surface area (TPSA) is 104 Å². The Hall–Kier alpha value is -3.03. The van der Waals surface area contributed by atoms with Gasteiger partial charge in [-0.2, -0.15) is 0 Å². The molecule has 2 aromatic carbocycles. The Balaban J connectivity index is 1.36. The summed E-state index contributed by atoms with van der Waals surface area (Å²) >= 11 is 12.1. The van der Waals surface area contributed by atoms with Crippen molar-refractivity contribution in [3.63, 3.8) is 0 Å². The van der Waals surface area contributed by atoms with Crippen molar-refractivity contribution in [2.24, 2.45) is 0 Å². The van der Waals surface area contributed by atoms with Crippen molar-refractivity contribution < 1.29 is 9.21 Å². The Labute approximate surface area is 181 Å². The number of imidazole rings is 1. The first-order chi connectivity index (χ1) is 14.4. The number of hydrogen-bond acceptors (Lipinski definition) is 4. The first-order valence-corrected chi connectivity index (χ1v) is 10.1. The molecule has 0 spiro atoms. The summed E-state index contributed by atoms with van der Waals surface area (Å²) in [7, 11) is 0. The second-order valence-electron chi connectivity index (χ2n) is 6.92. The second-order valence-corrected chi connectivity index (χ2v) is 7.76. The lowest BCUT2D eigenvalue weighted by molar-refractivity contribution is -0.121. The van der Waals surface area contributed by atoms with Crippen LogP contribution in [-0.4, -0.2) is 20.9 Å². The molecule has 0 radical (unpaired) electrons. The Morgan fingerprint density at radius 2 is 1.97 bits per heavy atom. The number of aromatic nitrogens is 3. The second kappa shape index (κ2) is 8.38. The minimum absolute atomic E-state index is 0.130. The molecule has 1 unspecified atom stereocenters. The van der Waals surface area contributed by atoms with Crippen molar-refractivity contribution >= 4 is 40.1 Å². The van der Waals surface area contributed by atoms with E-state index in [4.69, 9.17) is 27.6 Å². The van der Waals surface area contributed by atoms with E-state index in [2.05, 4.69) is 20.3 Å². The highest BCUT2D eigenvalue weighted by atomic mass is 35.5. The smallest absolute Gasteiger partial charge is 0.323 e. The van der Waals surface area contributed by atoms with Gasteiger partial charge in [0, 0.05) is 23.4 Å². The number of carbonyl (C=O) groups excluding carboxylic acids is 1. The molecular weight excluding hydrogens is 427 g/mol. The molecule has 3 N–H and O–H groups in total. The summed E-state index contributed by atoms with van der Waals surface area (Å²) in [6.07, 6.45) is 2.16. The van der Waals surface area contributed by atoms with Crippen LogP contribution in [0.25, 0.3) is 22.4 Å². The number of oxazole rings is 1. The van der Waals surface area contributed by atoms with E-state index >= 15 is 0 Å². The van der Waals surface area contributed by atoms with Crippen LogP contribution in [-0.2, 0) is 11.2 Å². The fourth-order valence-corrected chi connectivity index (χ4v) is 3.68. The number of aryl methyl sites for hydroxylation is 1. The third-order valence-electron chi connectivity index (χ3n) is 4.73. The molecule has 0 fully saturated rings. The molecule has 4 rings (SSSR count). The van der Waals surface area contributed by atoms with E-state index in [9.17, 15) is 9.59 Å². The van der Waals surface area contributed by atoms with Gasteiger partial charge in [-0.15, -0.1) is 0 Å². The molecule has 0 aliphatic heterocycles. The number of nitrogens with zero attached hydrogens (tertiary/aromatic N) is 1. The third-order valence-corrected chi connectivity index (χ3v) is 5.28. The van der Waals surface area contributed by atoms with Crippen LogP contribution in [0.2, 0.25) is 10.0 Å². The maximum absolute atomic E-state index is 12.4. The summed E-state index contributed by atoms with van der Waals surface area (Å²) in [6.45, 7) is 1.88. The lowest BCUT2D eigenvalue weighted by Crippen LogP contribution is -2.26. The van der Waals surface area contributed by atoms with Crippen LogP contribution in [0.15, 0.2) is 51.8 Å². The minimum Gasteiger partial charge on any atom is -0.441 e. The first kappa shape index (κ1) is 20.3. The molecule has 154 valence electrons. The van der Waals surface area contributed by atoms with E-state index in [1.807, 2.05) is 19.1 Å². The SMILES string of the molecule is CC(NC(=O)CCc1ncc(-c2ccc(Cl)cc2Cl)o1)c1ccc2[nH]c(=O)[nH]c2c1. The van der Waals surface area contributed by atoms with Crippen molar-refractivity contribution in [3.8, 4) is 11.3 Å². The number of fused-ring (bicyclic) bond motifs is 1. The van der Waals surface area contributed by atoms with E-state index in [1.165, 1.54) is 0 Å². The highest BCUT2D eigenvalue weighted by Crippen LogP contribution is 2.30. The largest absolute Gasteiger partial charge is 0.441 e. The summed E-state index contributed by atoms with van der Waals surface area (Å²) in [4.78, 5) is 33.4. The number of rotatable bonds is 6. The van der Waals surface area contributed by atoms with Gasteiger partial charge in [0.05, 0.1) is 28.3 Å². The van der Waals surface area contributed by atoms with Gasteiger partial charge in [0.2, 0.25) is 5.91 Å². The number of benzene rings is 2. The van der Waals surface area contributed by atoms with Crippen LogP contribution >= 0.6 is 23.2 Å². The monoisotopic (exact) mass is 444 g/mol. The number of hydrogen-bond donors (Lipinski definition) is 3. The average Bonchev–Trinajstić information content (AvgIpc) is 3.31. The highest BCUT2D eigenvalue weighted by molar-refractivity contribution is 6.36. The predicted octanol–water partition coefficient (Wildman–Crippen LogP) is 4.63. The van der Waals surface area contributed by atoms with Crippen molar-refractivity contribution in [3.05, 3.63) is 74.6 Å². The number of H-pyrrole nitrogens is 2. The molecule has 1 amide bonds. The van der Waals surface area contributed by atoms with Crippen molar-refractivity contribution in [1.82, 2.24) is 20.3 Å². The number of halogens is 2. The lowest BCUT2D eigenvalue weighted by Gasteiger charge is -2.14. The van der Waals surface area contributed by atoms with Gasteiger partial charge < -0.3 is 19.7 Å². The van der Waals surface area contributed by atoms with E-state index < -0.39 is 0 Å². The Morgan fingerprint density at radius 1 is 1.17 bits per heavy atom. The Kier molecular flexibility index (Phi) is 5.65. The van der Waals surface area contributed by atoms with Gasteiger partial charge in [-0.1, -0.05) is 29.3 Å². The van der Waals surface area contributed by atoms with Crippen LogP contribution in [0.5, 0.6) is 0 Å². The third kappa shape index (κ3) is 4.42. The molecule has 0 aliphatic rings. The summed E-state index contributed by atoms with van der Waals surface area (Å²) in [5.74, 6) is 0.841. The molecular formula is C21H18Cl2N4O3. The first-order valence-electron chi connectivity index (χ1n) is 9.30. The van der Waals surface area contributed by atoms with Gasteiger partial charge >= 0.3 is 5.69 Å². The van der Waals surface area contributed by atoms with E-state index in [0.717, 1.165) is 11.1 Å². The molecule has 0 saturated heterocycles. The van der Waals surface area contributed by atoms with Gasteiger partial charge in [-0.25, -0.2) is 9.78 Å². The summed E-state index contributed by atoms with van der Waals surface area (Å²) in [5.41, 5.74) is 2.75. The molecule has 9 heteroatoms. The standard InChI is InChI=1S/C21H18Cl2N4O3/c1-11(12-2-5-16-17(8-12)27-21(29)26-16)25-19(28)6-7-20-24-10-18(30-20)14-4-3-13(22)9-15(14)23/h2-5,8-11H,6-7H2,1H3,(H,25,28)(H2,26,27,29). The molecule has 4 aromatic rings. The zero-order valence-corrected chi connectivity index (χ0v) is 17.5. The number of carbonyl (C=O) groups is 1. The maximum atomic E-state index is 12.4. The molecule has 7 nitrogen and oxygen atoms in total. The van der Waals surface area contributed by atoms with Crippen LogP contribution in [0.3, 0.4) is 0 Å². The number of aromatic amines is 2. The molecule has 2 heterocycles. The molecule has 0 aliphatic carbocycles. The summed E-state index contributed by atoms with van der Waals surface area (Å²) in [5, 5.41) is 3.95. The highest BCUT2D eigenvalue weighted by Gasteiger charge is 2.14. The van der Waals surface area contributed by atoms with E-state index in [0.29, 0.717) is 39.2 Å². The summed E-state index contributed by atoms with van der Waals surface area (Å²) in [6, 6.07) is 10.4. The predicted molar refractivity (Wildman–Crippen MR) is 116 cm³/mol. The molecule has 30 heavy (non-hydrogen) atoms.